The van der Waals surface area contributed by atoms with Crippen molar-refractivity contribution < 1.29 is 27.5 Å². The molecule has 0 atom stereocenters. The van der Waals surface area contributed by atoms with Gasteiger partial charge in [-0.05, 0) is 24.3 Å². The smallest absolute Gasteiger partial charge is 0.344 e. The zero-order valence-corrected chi connectivity index (χ0v) is 20.9. The first-order valence-electron chi connectivity index (χ1n) is 11.9. The van der Waals surface area contributed by atoms with Crippen LogP contribution >= 0.6 is 0 Å². The van der Waals surface area contributed by atoms with Crippen LogP contribution in [0.1, 0.15) is 0 Å². The van der Waals surface area contributed by atoms with Crippen molar-refractivity contribution in [3.8, 4) is 17.2 Å². The van der Waals surface area contributed by atoms with E-state index in [1.54, 1.807) is 54.6 Å². The van der Waals surface area contributed by atoms with E-state index in [4.69, 9.17) is 27.5 Å². The van der Waals surface area contributed by atoms with E-state index in [1.165, 1.54) is 21.3 Å². The Morgan fingerprint density at radius 2 is 1.00 bits per heavy atom. The van der Waals surface area contributed by atoms with E-state index in [1.807, 2.05) is 0 Å². The fourth-order valence-electron chi connectivity index (χ4n) is 5.42. The molecule has 3 aromatic heterocycles. The third-order valence-electron chi connectivity index (χ3n) is 7.09. The lowest BCUT2D eigenvalue weighted by Gasteiger charge is -2.16. The monoisotopic (exact) mass is 522 g/mol. The van der Waals surface area contributed by atoms with Gasteiger partial charge in [-0.2, -0.15) is 0 Å². The van der Waals surface area contributed by atoms with E-state index in [0.717, 1.165) is 0 Å². The Labute approximate surface area is 217 Å². The molecule has 0 aliphatic rings. The Kier molecular flexibility index (Phi) is 4.74. The molecule has 0 aliphatic heterocycles. The number of benzene rings is 4. The summed E-state index contributed by atoms with van der Waals surface area (Å²) in [5.74, 6) is 0.732. The van der Waals surface area contributed by atoms with Crippen molar-refractivity contribution in [3.05, 3.63) is 85.9 Å². The maximum atomic E-state index is 13.4. The van der Waals surface area contributed by atoms with Crippen molar-refractivity contribution in [1.82, 2.24) is 0 Å². The number of fused-ring (bicyclic) bond motifs is 9. The fraction of sp³-hybridized carbons (Fsp3) is 0.100. The minimum atomic E-state index is -0.648. The SMILES string of the molecule is COc1cccc2c1oc(=O)c1cc3c(cc12)c(=O)oc1c(OC)c2c(oc(=O)c4ccccc42)c(OC)c13. The van der Waals surface area contributed by atoms with Gasteiger partial charge in [-0.1, -0.05) is 30.3 Å². The predicted molar refractivity (Wildman–Crippen MR) is 147 cm³/mol. The van der Waals surface area contributed by atoms with Gasteiger partial charge in [-0.25, -0.2) is 14.4 Å². The number of ether oxygens (including phenoxy) is 3. The third-order valence-corrected chi connectivity index (χ3v) is 7.09. The van der Waals surface area contributed by atoms with Crippen molar-refractivity contribution in [2.24, 2.45) is 0 Å². The van der Waals surface area contributed by atoms with E-state index >= 15 is 0 Å². The van der Waals surface area contributed by atoms with Gasteiger partial charge in [0, 0.05) is 21.5 Å². The van der Waals surface area contributed by atoms with Crippen molar-refractivity contribution in [2.45, 2.75) is 0 Å². The molecule has 0 amide bonds. The summed E-state index contributed by atoms with van der Waals surface area (Å²) in [6.07, 6.45) is 0. The second-order valence-corrected chi connectivity index (χ2v) is 8.97. The van der Waals surface area contributed by atoms with Gasteiger partial charge < -0.3 is 27.5 Å². The number of rotatable bonds is 3. The molecule has 0 fully saturated rings. The molecule has 9 nitrogen and oxygen atoms in total. The van der Waals surface area contributed by atoms with Gasteiger partial charge >= 0.3 is 16.9 Å². The zero-order chi connectivity index (χ0) is 27.0. The van der Waals surface area contributed by atoms with Gasteiger partial charge in [-0.15, -0.1) is 0 Å². The molecule has 39 heavy (non-hydrogen) atoms. The van der Waals surface area contributed by atoms with Gasteiger partial charge in [0.1, 0.15) is 0 Å². The molecule has 4 aromatic carbocycles. The van der Waals surface area contributed by atoms with E-state index in [9.17, 15) is 14.4 Å². The Morgan fingerprint density at radius 3 is 1.64 bits per heavy atom. The first kappa shape index (κ1) is 22.9. The van der Waals surface area contributed by atoms with E-state index in [2.05, 4.69) is 0 Å². The summed E-state index contributed by atoms with van der Waals surface area (Å²) in [4.78, 5) is 39.5. The van der Waals surface area contributed by atoms with Gasteiger partial charge in [-0.3, -0.25) is 0 Å². The third kappa shape index (κ3) is 2.98. The van der Waals surface area contributed by atoms with Gasteiger partial charge in [0.25, 0.3) is 0 Å². The topological polar surface area (TPSA) is 118 Å². The fourth-order valence-corrected chi connectivity index (χ4v) is 5.42. The zero-order valence-electron chi connectivity index (χ0n) is 20.9. The van der Waals surface area contributed by atoms with Gasteiger partial charge in [0.15, 0.2) is 34.0 Å². The van der Waals surface area contributed by atoms with Crippen LogP contribution in [0.25, 0.3) is 65.2 Å². The molecule has 3 heterocycles. The molecule has 7 aromatic rings. The predicted octanol–water partition coefficient (Wildman–Crippen LogP) is 5.49. The van der Waals surface area contributed by atoms with Crippen LogP contribution in [0.15, 0.2) is 82.2 Å². The standard InChI is InChI=1S/C30H18O9/c1-34-20-10-6-9-14-16-11-19-17(12-18(16)29(32)37-23(14)20)22-25(36-3)26-21(24(35-2)27(22)39-30(19)33)13-7-4-5-8-15(13)28(31)38-26/h4-12H,1-3H3. The molecule has 0 saturated carbocycles. The molecule has 0 N–H and O–H groups in total. The molecule has 0 spiro atoms. The molecule has 0 saturated heterocycles. The number of methoxy groups -OCH3 is 3. The van der Waals surface area contributed by atoms with Crippen LogP contribution in [0.3, 0.4) is 0 Å². The Balaban J connectivity index is 1.77. The molecule has 192 valence electrons. The first-order valence-corrected chi connectivity index (χ1v) is 11.9. The van der Waals surface area contributed by atoms with Crippen molar-refractivity contribution in [3.63, 3.8) is 0 Å². The van der Waals surface area contributed by atoms with Crippen LogP contribution in [-0.2, 0) is 0 Å². The Bertz CT molecular complexity index is 2360. The summed E-state index contributed by atoms with van der Waals surface area (Å²) in [6.45, 7) is 0. The quantitative estimate of drug-likeness (QED) is 0.169. The second-order valence-electron chi connectivity index (χ2n) is 8.97. The minimum Gasteiger partial charge on any atom is -0.493 e. The molecule has 0 unspecified atom stereocenters. The van der Waals surface area contributed by atoms with E-state index in [-0.39, 0.29) is 39.0 Å². The molecule has 9 heteroatoms. The van der Waals surface area contributed by atoms with Crippen LogP contribution < -0.4 is 31.1 Å². The molecule has 0 aliphatic carbocycles. The van der Waals surface area contributed by atoms with E-state index < -0.39 is 16.9 Å². The maximum Gasteiger partial charge on any atom is 0.344 e. The minimum absolute atomic E-state index is 0.0875. The summed E-state index contributed by atoms with van der Waals surface area (Å²) in [6, 6.07) is 15.2. The number of para-hydroxylation sites is 1. The lowest BCUT2D eigenvalue weighted by Crippen LogP contribution is -2.07. The largest absolute Gasteiger partial charge is 0.493 e. The number of hydrogen-bond acceptors (Lipinski definition) is 9. The first-order chi connectivity index (χ1) is 19.0. The number of hydrogen-bond donors (Lipinski definition) is 0. The highest BCUT2D eigenvalue weighted by Gasteiger charge is 2.26. The Morgan fingerprint density at radius 1 is 0.487 bits per heavy atom. The Hall–Kier alpha value is -5.31. The molecular formula is C30H18O9. The molecule has 0 bridgehead atoms. The van der Waals surface area contributed by atoms with Gasteiger partial charge in [0.05, 0.1) is 48.3 Å². The highest BCUT2D eigenvalue weighted by molar-refractivity contribution is 6.23. The lowest BCUT2D eigenvalue weighted by atomic mass is 9.98. The van der Waals surface area contributed by atoms with Gasteiger partial charge in [0.2, 0.25) is 0 Å². The molecular weight excluding hydrogens is 504 g/mol. The lowest BCUT2D eigenvalue weighted by molar-refractivity contribution is 0.400. The highest BCUT2D eigenvalue weighted by Crippen LogP contribution is 2.47. The second kappa shape index (κ2) is 8.09. The van der Waals surface area contributed by atoms with Crippen molar-refractivity contribution in [2.75, 3.05) is 21.3 Å². The van der Waals surface area contributed by atoms with Crippen molar-refractivity contribution in [1.29, 1.82) is 0 Å². The van der Waals surface area contributed by atoms with Crippen LogP contribution in [0.2, 0.25) is 0 Å². The molecule has 7 rings (SSSR count). The summed E-state index contributed by atoms with van der Waals surface area (Å²) < 4.78 is 34.1. The average molecular weight is 522 g/mol. The average Bonchev–Trinajstić information content (AvgIpc) is 2.96. The van der Waals surface area contributed by atoms with Crippen LogP contribution in [0.5, 0.6) is 17.2 Å². The van der Waals surface area contributed by atoms with Crippen molar-refractivity contribution >= 4 is 65.2 Å². The summed E-state index contributed by atoms with van der Waals surface area (Å²) >= 11 is 0. The molecule has 0 radical (unpaired) electrons. The summed E-state index contributed by atoms with van der Waals surface area (Å²) in [7, 11) is 4.33. The summed E-state index contributed by atoms with van der Waals surface area (Å²) in [5, 5.41) is 3.44. The van der Waals surface area contributed by atoms with Crippen LogP contribution in [0, 0.1) is 0 Å². The van der Waals surface area contributed by atoms with Crippen LogP contribution in [-0.4, -0.2) is 21.3 Å². The summed E-state index contributed by atoms with van der Waals surface area (Å²) in [5.41, 5.74) is -1.35. The highest BCUT2D eigenvalue weighted by atomic mass is 16.5. The maximum absolute atomic E-state index is 13.4. The van der Waals surface area contributed by atoms with Crippen LogP contribution in [0.4, 0.5) is 0 Å². The normalized spacial score (nSPS) is 11.8. The van der Waals surface area contributed by atoms with E-state index in [0.29, 0.717) is 43.5 Å².